The molecule has 160 valence electrons. The van der Waals surface area contributed by atoms with Gasteiger partial charge in [-0.2, -0.15) is 4.98 Å². The number of halogens is 1. The first-order valence-corrected chi connectivity index (χ1v) is 11.4. The van der Waals surface area contributed by atoms with E-state index >= 15 is 0 Å². The first-order chi connectivity index (χ1) is 15.3. The van der Waals surface area contributed by atoms with Gasteiger partial charge in [0.05, 0.1) is 4.90 Å². The molecular formula is C22H16ClN5O3S. The van der Waals surface area contributed by atoms with E-state index < -0.39 is 15.4 Å². The van der Waals surface area contributed by atoms with Crippen molar-refractivity contribution in [2.75, 3.05) is 5.32 Å². The van der Waals surface area contributed by atoms with E-state index in [-0.39, 0.29) is 15.7 Å². The molecule has 3 aromatic heterocycles. The van der Waals surface area contributed by atoms with Gasteiger partial charge in [0, 0.05) is 46.4 Å². The molecule has 0 fully saturated rings. The Balaban J connectivity index is 1.57. The van der Waals surface area contributed by atoms with Gasteiger partial charge in [-0.25, -0.2) is 13.4 Å². The third-order valence-electron chi connectivity index (χ3n) is 5.14. The van der Waals surface area contributed by atoms with Crippen molar-refractivity contribution in [1.29, 1.82) is 0 Å². The summed E-state index contributed by atoms with van der Waals surface area (Å²) in [6.07, 6.45) is 3.34. The summed E-state index contributed by atoms with van der Waals surface area (Å²) in [5.74, 6) is 0.288. The van der Waals surface area contributed by atoms with E-state index in [1.807, 2.05) is 30.5 Å². The van der Waals surface area contributed by atoms with Crippen LogP contribution in [0.4, 0.5) is 11.6 Å². The molecule has 0 aliphatic heterocycles. The van der Waals surface area contributed by atoms with E-state index in [0.29, 0.717) is 16.1 Å². The summed E-state index contributed by atoms with van der Waals surface area (Å²) >= 11 is 5.85. The van der Waals surface area contributed by atoms with Gasteiger partial charge in [0.1, 0.15) is 10.5 Å². The van der Waals surface area contributed by atoms with Crippen LogP contribution in [0.2, 0.25) is 5.02 Å². The minimum absolute atomic E-state index is 0.0160. The average Bonchev–Trinajstić information content (AvgIpc) is 3.24. The van der Waals surface area contributed by atoms with Gasteiger partial charge in [-0.05, 0) is 54.6 Å². The number of pyridine rings is 1. The van der Waals surface area contributed by atoms with Crippen LogP contribution in [0.3, 0.4) is 0 Å². The van der Waals surface area contributed by atoms with Crippen LogP contribution >= 0.6 is 11.6 Å². The molecule has 0 saturated heterocycles. The monoisotopic (exact) mass is 465 g/mol. The van der Waals surface area contributed by atoms with Crippen LogP contribution in [0.25, 0.3) is 21.9 Å². The number of aryl methyl sites for hydroxylation is 1. The van der Waals surface area contributed by atoms with Crippen molar-refractivity contribution in [3.05, 3.63) is 82.4 Å². The minimum atomic E-state index is -4.04. The molecule has 8 nitrogen and oxygen atoms in total. The Morgan fingerprint density at radius 2 is 1.81 bits per heavy atom. The van der Waals surface area contributed by atoms with E-state index in [2.05, 4.69) is 20.3 Å². The second-order valence-electron chi connectivity index (χ2n) is 7.21. The van der Waals surface area contributed by atoms with Gasteiger partial charge in [0.25, 0.3) is 5.56 Å². The maximum atomic E-state index is 13.0. The minimum Gasteiger partial charge on any atom is -0.361 e. The van der Waals surface area contributed by atoms with Gasteiger partial charge in [-0.3, -0.25) is 9.36 Å². The maximum Gasteiger partial charge on any atom is 0.271 e. The molecule has 0 aliphatic rings. The highest BCUT2D eigenvalue weighted by Crippen LogP contribution is 2.24. The van der Waals surface area contributed by atoms with E-state index in [1.54, 1.807) is 0 Å². The summed E-state index contributed by atoms with van der Waals surface area (Å²) in [5.41, 5.74) is 1.42. The van der Waals surface area contributed by atoms with E-state index in [9.17, 15) is 13.2 Å². The first-order valence-electron chi connectivity index (χ1n) is 9.54. The predicted molar refractivity (Wildman–Crippen MR) is 123 cm³/mol. The summed E-state index contributed by atoms with van der Waals surface area (Å²) < 4.78 is 27.3. The molecule has 2 N–H and O–H groups in total. The fourth-order valence-corrected chi connectivity index (χ4v) is 4.99. The second kappa shape index (κ2) is 7.47. The molecule has 0 spiro atoms. The number of rotatable bonds is 4. The number of fused-ring (bicyclic) bond motifs is 2. The van der Waals surface area contributed by atoms with Gasteiger partial charge in [-0.15, -0.1) is 0 Å². The SMILES string of the molecule is Cn1c(=O)c(S(=O)(=O)c2ccc(Cl)cc2)cc2cnc(Nc3ccc4[nH]ccc4c3)nc21. The maximum absolute atomic E-state index is 13.0. The summed E-state index contributed by atoms with van der Waals surface area (Å²) in [4.78, 5) is 24.4. The number of aromatic nitrogens is 4. The quantitative estimate of drug-likeness (QED) is 0.414. The molecule has 0 unspecified atom stereocenters. The highest BCUT2D eigenvalue weighted by Gasteiger charge is 2.24. The second-order valence-corrected chi connectivity index (χ2v) is 9.56. The zero-order valence-electron chi connectivity index (χ0n) is 16.7. The summed E-state index contributed by atoms with van der Waals surface area (Å²) in [6.45, 7) is 0. The molecule has 10 heteroatoms. The molecule has 0 aliphatic carbocycles. The van der Waals surface area contributed by atoms with Crippen LogP contribution in [0.5, 0.6) is 0 Å². The lowest BCUT2D eigenvalue weighted by atomic mass is 10.2. The number of nitrogens with zero attached hydrogens (tertiary/aromatic N) is 3. The molecular weight excluding hydrogens is 450 g/mol. The first kappa shape index (κ1) is 20.2. The molecule has 32 heavy (non-hydrogen) atoms. The van der Waals surface area contributed by atoms with Crippen LogP contribution < -0.4 is 10.9 Å². The fourth-order valence-electron chi connectivity index (χ4n) is 3.47. The van der Waals surface area contributed by atoms with Gasteiger partial charge in [0.15, 0.2) is 0 Å². The van der Waals surface area contributed by atoms with Gasteiger partial charge in [0.2, 0.25) is 15.8 Å². The van der Waals surface area contributed by atoms with Crippen molar-refractivity contribution in [2.24, 2.45) is 7.05 Å². The third kappa shape index (κ3) is 3.41. The van der Waals surface area contributed by atoms with Gasteiger partial charge >= 0.3 is 0 Å². The largest absolute Gasteiger partial charge is 0.361 e. The van der Waals surface area contributed by atoms with Crippen molar-refractivity contribution in [3.8, 4) is 0 Å². The Labute approximate surface area is 187 Å². The standard InChI is InChI=1S/C22H16ClN5O3S/c1-28-20-14(11-19(21(28)29)32(30,31)17-5-2-15(23)3-6-17)12-25-22(27-20)26-16-4-7-18-13(10-16)8-9-24-18/h2-12,24H,1H3,(H,25,26,27). The average molecular weight is 466 g/mol. The number of H-pyrrole nitrogens is 1. The zero-order chi connectivity index (χ0) is 22.5. The number of hydrogen-bond donors (Lipinski definition) is 2. The topological polar surface area (TPSA) is 110 Å². The summed E-state index contributed by atoms with van der Waals surface area (Å²) in [5, 5.41) is 4.97. The van der Waals surface area contributed by atoms with Crippen LogP contribution in [0.1, 0.15) is 0 Å². The Morgan fingerprint density at radius 1 is 1.03 bits per heavy atom. The molecule has 0 radical (unpaired) electrons. The molecule has 0 atom stereocenters. The molecule has 3 heterocycles. The Bertz CT molecular complexity index is 1660. The van der Waals surface area contributed by atoms with Crippen molar-refractivity contribution < 1.29 is 8.42 Å². The molecule has 2 aromatic carbocycles. The van der Waals surface area contributed by atoms with Crippen LogP contribution in [-0.2, 0) is 16.9 Å². The van der Waals surface area contributed by atoms with Gasteiger partial charge < -0.3 is 10.3 Å². The van der Waals surface area contributed by atoms with Crippen LogP contribution in [0, 0.1) is 0 Å². The zero-order valence-corrected chi connectivity index (χ0v) is 18.3. The molecule has 0 amide bonds. The highest BCUT2D eigenvalue weighted by atomic mass is 35.5. The number of aromatic amines is 1. The molecule has 5 rings (SSSR count). The van der Waals surface area contributed by atoms with E-state index in [1.165, 1.54) is 48.1 Å². The van der Waals surface area contributed by atoms with Gasteiger partial charge in [-0.1, -0.05) is 11.6 Å². The predicted octanol–water partition coefficient (Wildman–Crippen LogP) is 4.04. The summed E-state index contributed by atoms with van der Waals surface area (Å²) in [6, 6.07) is 14.7. The highest BCUT2D eigenvalue weighted by molar-refractivity contribution is 7.91. The van der Waals surface area contributed by atoms with Crippen LogP contribution in [0.15, 0.2) is 81.6 Å². The smallest absolute Gasteiger partial charge is 0.271 e. The third-order valence-corrected chi connectivity index (χ3v) is 7.15. The summed E-state index contributed by atoms with van der Waals surface area (Å²) in [7, 11) is -2.56. The van der Waals surface area contributed by atoms with Crippen molar-refractivity contribution in [1.82, 2.24) is 19.5 Å². The van der Waals surface area contributed by atoms with E-state index in [0.717, 1.165) is 16.6 Å². The number of nitrogens with one attached hydrogen (secondary N) is 2. The number of hydrogen-bond acceptors (Lipinski definition) is 6. The lowest BCUT2D eigenvalue weighted by Crippen LogP contribution is -2.25. The lowest BCUT2D eigenvalue weighted by Gasteiger charge is -2.11. The number of anilines is 2. The lowest BCUT2D eigenvalue weighted by molar-refractivity contribution is 0.593. The van der Waals surface area contributed by atoms with E-state index in [4.69, 9.17) is 11.6 Å². The van der Waals surface area contributed by atoms with Crippen LogP contribution in [-0.4, -0.2) is 27.9 Å². The Morgan fingerprint density at radius 3 is 2.59 bits per heavy atom. The molecule has 5 aromatic rings. The van der Waals surface area contributed by atoms with Crippen molar-refractivity contribution in [3.63, 3.8) is 0 Å². The normalized spacial score (nSPS) is 11.8. The van der Waals surface area contributed by atoms with Crippen molar-refractivity contribution in [2.45, 2.75) is 9.79 Å². The Kier molecular flexibility index (Phi) is 4.72. The molecule has 0 saturated carbocycles. The fraction of sp³-hybridized carbons (Fsp3) is 0.0455. The molecule has 0 bridgehead atoms. The number of sulfone groups is 1. The Hall–Kier alpha value is -3.69. The van der Waals surface area contributed by atoms with Crippen molar-refractivity contribution >= 4 is 55.0 Å². The number of benzene rings is 2.